The molecule has 0 N–H and O–H groups in total. The third-order valence-electron chi connectivity index (χ3n) is 6.21. The third-order valence-corrected chi connectivity index (χ3v) is 6.21. The summed E-state index contributed by atoms with van der Waals surface area (Å²) in [5, 5.41) is 0. The smallest absolute Gasteiger partial charge is 0.315 e. The van der Waals surface area contributed by atoms with Crippen molar-refractivity contribution in [2.45, 2.75) is 31.7 Å². The normalized spacial score (nSPS) is 25.0. The van der Waals surface area contributed by atoms with Gasteiger partial charge in [-0.25, -0.2) is 0 Å². The van der Waals surface area contributed by atoms with Gasteiger partial charge in [0, 0.05) is 19.6 Å². The van der Waals surface area contributed by atoms with Crippen molar-refractivity contribution in [2.24, 2.45) is 11.8 Å². The number of esters is 1. The second-order valence-electron chi connectivity index (χ2n) is 8.28. The van der Waals surface area contributed by atoms with Crippen LogP contribution in [0.3, 0.4) is 0 Å². The lowest BCUT2D eigenvalue weighted by Crippen LogP contribution is -2.30. The number of piperidine rings is 1. The summed E-state index contributed by atoms with van der Waals surface area (Å²) in [6.07, 6.45) is 0. The summed E-state index contributed by atoms with van der Waals surface area (Å²) in [4.78, 5) is 14.7. The van der Waals surface area contributed by atoms with E-state index in [-0.39, 0.29) is 5.97 Å². The SMILES string of the molecule is COC(=O)C(C)(C)c1cccc([C@@H]2[C@@H]3CN(Cc4ccccc4)C[C@@H]32)c1. The average Bonchev–Trinajstić information content (AvgIpc) is 3.17. The van der Waals surface area contributed by atoms with E-state index in [0.717, 1.165) is 23.9 Å². The Labute approximate surface area is 156 Å². The predicted molar refractivity (Wildman–Crippen MR) is 103 cm³/mol. The Morgan fingerprint density at radius 1 is 1.08 bits per heavy atom. The molecule has 26 heavy (non-hydrogen) atoms. The van der Waals surface area contributed by atoms with E-state index in [0.29, 0.717) is 5.92 Å². The molecule has 0 radical (unpaired) electrons. The lowest BCUT2D eigenvalue weighted by atomic mass is 9.83. The van der Waals surface area contributed by atoms with Gasteiger partial charge in [-0.3, -0.25) is 9.69 Å². The third kappa shape index (κ3) is 3.05. The van der Waals surface area contributed by atoms with Crippen molar-refractivity contribution in [1.82, 2.24) is 4.90 Å². The van der Waals surface area contributed by atoms with Crippen LogP contribution < -0.4 is 0 Å². The number of nitrogens with zero attached hydrogens (tertiary/aromatic N) is 1. The van der Waals surface area contributed by atoms with Gasteiger partial charge in [0.05, 0.1) is 12.5 Å². The van der Waals surface area contributed by atoms with E-state index in [2.05, 4.69) is 53.4 Å². The Morgan fingerprint density at radius 2 is 1.77 bits per heavy atom. The minimum absolute atomic E-state index is 0.181. The summed E-state index contributed by atoms with van der Waals surface area (Å²) in [5.74, 6) is 1.99. The van der Waals surface area contributed by atoms with E-state index in [1.54, 1.807) is 0 Å². The zero-order valence-corrected chi connectivity index (χ0v) is 15.8. The minimum atomic E-state index is -0.603. The van der Waals surface area contributed by atoms with Gasteiger partial charge in [0.25, 0.3) is 0 Å². The topological polar surface area (TPSA) is 29.5 Å². The van der Waals surface area contributed by atoms with Crippen molar-refractivity contribution in [3.05, 3.63) is 71.3 Å². The van der Waals surface area contributed by atoms with Gasteiger partial charge in [-0.2, -0.15) is 0 Å². The number of likely N-dealkylation sites (tertiary alicyclic amines) is 1. The Hall–Kier alpha value is -2.13. The van der Waals surface area contributed by atoms with Crippen molar-refractivity contribution in [3.63, 3.8) is 0 Å². The molecule has 2 aromatic rings. The van der Waals surface area contributed by atoms with Gasteiger partial charge in [0.1, 0.15) is 0 Å². The van der Waals surface area contributed by atoms with E-state index in [4.69, 9.17) is 4.74 Å². The van der Waals surface area contributed by atoms with Gasteiger partial charge in [-0.15, -0.1) is 0 Å². The molecule has 0 bridgehead atoms. The van der Waals surface area contributed by atoms with Crippen molar-refractivity contribution in [3.8, 4) is 0 Å². The molecule has 4 rings (SSSR count). The number of methoxy groups -OCH3 is 1. The van der Waals surface area contributed by atoms with E-state index < -0.39 is 5.41 Å². The molecule has 0 spiro atoms. The summed E-state index contributed by atoms with van der Waals surface area (Å²) in [7, 11) is 1.46. The second kappa shape index (κ2) is 6.55. The van der Waals surface area contributed by atoms with Crippen LogP contribution in [0.1, 0.15) is 36.5 Å². The number of hydrogen-bond donors (Lipinski definition) is 0. The molecule has 3 atom stereocenters. The van der Waals surface area contributed by atoms with Crippen LogP contribution in [0.4, 0.5) is 0 Å². The largest absolute Gasteiger partial charge is 0.468 e. The first-order valence-electron chi connectivity index (χ1n) is 9.46. The van der Waals surface area contributed by atoms with E-state index >= 15 is 0 Å². The van der Waals surface area contributed by atoms with Gasteiger partial charge in [0.2, 0.25) is 0 Å². The van der Waals surface area contributed by atoms with Crippen LogP contribution in [0.25, 0.3) is 0 Å². The summed E-state index contributed by atoms with van der Waals surface area (Å²) in [6, 6.07) is 19.3. The molecule has 136 valence electrons. The number of benzene rings is 2. The summed E-state index contributed by atoms with van der Waals surface area (Å²) in [6.45, 7) is 7.28. The van der Waals surface area contributed by atoms with Crippen LogP contribution in [0, 0.1) is 11.8 Å². The first-order valence-corrected chi connectivity index (χ1v) is 9.46. The van der Waals surface area contributed by atoms with Crippen LogP contribution in [0.5, 0.6) is 0 Å². The zero-order chi connectivity index (χ0) is 18.3. The number of hydrogen-bond acceptors (Lipinski definition) is 3. The van der Waals surface area contributed by atoms with Gasteiger partial charge < -0.3 is 4.74 Å². The Kier molecular flexibility index (Phi) is 4.36. The molecule has 1 aliphatic carbocycles. The molecule has 1 heterocycles. The maximum atomic E-state index is 12.1. The molecular weight excluding hydrogens is 322 g/mol. The van der Waals surface area contributed by atoms with E-state index in [9.17, 15) is 4.79 Å². The lowest BCUT2D eigenvalue weighted by Gasteiger charge is -2.23. The standard InChI is InChI=1S/C23H27NO2/c1-23(2,22(25)26-3)18-11-7-10-17(12-18)21-19-14-24(15-20(19)21)13-16-8-5-4-6-9-16/h4-12,19-21H,13-15H2,1-3H3/t19-,20+,21-. The van der Waals surface area contributed by atoms with Crippen LogP contribution in [-0.2, 0) is 21.5 Å². The van der Waals surface area contributed by atoms with Crippen molar-refractivity contribution in [2.75, 3.05) is 20.2 Å². The van der Waals surface area contributed by atoms with Crippen LogP contribution >= 0.6 is 0 Å². The highest BCUT2D eigenvalue weighted by Gasteiger charge is 2.56. The second-order valence-corrected chi connectivity index (χ2v) is 8.28. The molecule has 2 aromatic carbocycles. The van der Waals surface area contributed by atoms with Gasteiger partial charge in [0.15, 0.2) is 0 Å². The van der Waals surface area contributed by atoms with Crippen LogP contribution in [0.15, 0.2) is 54.6 Å². The van der Waals surface area contributed by atoms with Crippen molar-refractivity contribution < 1.29 is 9.53 Å². The van der Waals surface area contributed by atoms with Crippen molar-refractivity contribution >= 4 is 5.97 Å². The molecule has 0 unspecified atom stereocenters. The monoisotopic (exact) mass is 349 g/mol. The molecule has 2 aliphatic rings. The molecule has 3 heteroatoms. The fourth-order valence-electron chi connectivity index (χ4n) is 4.59. The van der Waals surface area contributed by atoms with Gasteiger partial charge in [-0.1, -0.05) is 54.6 Å². The molecule has 2 fully saturated rings. The first kappa shape index (κ1) is 17.3. The number of carbonyl (C=O) groups excluding carboxylic acids is 1. The quantitative estimate of drug-likeness (QED) is 0.765. The van der Waals surface area contributed by atoms with E-state index in [1.807, 2.05) is 19.9 Å². The summed E-state index contributed by atoms with van der Waals surface area (Å²) < 4.78 is 4.99. The molecule has 1 saturated carbocycles. The van der Waals surface area contributed by atoms with Crippen LogP contribution in [0.2, 0.25) is 0 Å². The summed E-state index contributed by atoms with van der Waals surface area (Å²) >= 11 is 0. The van der Waals surface area contributed by atoms with Crippen molar-refractivity contribution in [1.29, 1.82) is 0 Å². The number of fused-ring (bicyclic) bond motifs is 1. The minimum Gasteiger partial charge on any atom is -0.468 e. The fraction of sp³-hybridized carbons (Fsp3) is 0.435. The molecular formula is C23H27NO2. The lowest BCUT2D eigenvalue weighted by molar-refractivity contribution is -0.146. The highest BCUT2D eigenvalue weighted by atomic mass is 16.5. The molecule has 1 aliphatic heterocycles. The fourth-order valence-corrected chi connectivity index (χ4v) is 4.59. The number of carbonyl (C=O) groups is 1. The Balaban J connectivity index is 1.43. The molecule has 0 aromatic heterocycles. The Morgan fingerprint density at radius 3 is 2.42 bits per heavy atom. The average molecular weight is 349 g/mol. The maximum absolute atomic E-state index is 12.1. The molecule has 3 nitrogen and oxygen atoms in total. The van der Waals surface area contributed by atoms with Gasteiger partial charge in [-0.05, 0) is 48.3 Å². The summed E-state index contributed by atoms with van der Waals surface area (Å²) in [5.41, 5.74) is 3.22. The highest BCUT2D eigenvalue weighted by molar-refractivity contribution is 5.82. The number of ether oxygens (including phenoxy) is 1. The predicted octanol–water partition coefficient (Wildman–Crippen LogP) is 3.98. The molecule has 0 amide bonds. The first-order chi connectivity index (χ1) is 12.5. The van der Waals surface area contributed by atoms with E-state index in [1.165, 1.54) is 31.3 Å². The maximum Gasteiger partial charge on any atom is 0.315 e. The Bertz CT molecular complexity index is 787. The zero-order valence-electron chi connectivity index (χ0n) is 15.8. The highest BCUT2D eigenvalue weighted by Crippen LogP contribution is 2.58. The van der Waals surface area contributed by atoms with Crippen LogP contribution in [-0.4, -0.2) is 31.1 Å². The van der Waals surface area contributed by atoms with Gasteiger partial charge >= 0.3 is 5.97 Å². The molecule has 1 saturated heterocycles. The number of rotatable bonds is 5.